The normalized spacial score (nSPS) is 11.1. The molecule has 0 saturated heterocycles. The van der Waals surface area contributed by atoms with E-state index in [1.54, 1.807) is 0 Å². The highest BCUT2D eigenvalue weighted by atomic mass is 35.5. The lowest BCUT2D eigenvalue weighted by molar-refractivity contribution is 0.102. The van der Waals surface area contributed by atoms with Gasteiger partial charge in [-0.2, -0.15) is 0 Å². The zero-order chi connectivity index (χ0) is 18.8. The number of hydrogen-bond donors (Lipinski definition) is 0. The summed E-state index contributed by atoms with van der Waals surface area (Å²) >= 11 is 7.38. The molecule has 3 aromatic rings. The number of nitrogens with zero attached hydrogens (tertiary/aromatic N) is 4. The molecule has 0 spiro atoms. The highest BCUT2D eigenvalue weighted by Crippen LogP contribution is 2.26. The molecule has 26 heavy (non-hydrogen) atoms. The second kappa shape index (κ2) is 7.68. The number of thioether (sulfide) groups is 1. The van der Waals surface area contributed by atoms with Crippen LogP contribution in [-0.4, -0.2) is 30.9 Å². The van der Waals surface area contributed by atoms with Crippen LogP contribution in [0.2, 0.25) is 5.02 Å². The fourth-order valence-electron chi connectivity index (χ4n) is 2.84. The highest BCUT2D eigenvalue weighted by molar-refractivity contribution is 7.99. The predicted molar refractivity (Wildman–Crippen MR) is 106 cm³/mol. The molecule has 0 aliphatic carbocycles. The van der Waals surface area contributed by atoms with Gasteiger partial charge in [0.2, 0.25) is 0 Å². The van der Waals surface area contributed by atoms with Crippen molar-refractivity contribution in [2.75, 3.05) is 5.75 Å². The smallest absolute Gasteiger partial charge is 0.191 e. The summed E-state index contributed by atoms with van der Waals surface area (Å²) in [5.41, 5.74) is 3.80. The second-order valence-corrected chi connectivity index (χ2v) is 7.49. The minimum Gasteiger partial charge on any atom is -0.351 e. The van der Waals surface area contributed by atoms with E-state index in [2.05, 4.69) is 10.2 Å². The molecule has 1 aromatic carbocycles. The van der Waals surface area contributed by atoms with Crippen molar-refractivity contribution in [1.82, 2.24) is 19.3 Å². The third-order valence-electron chi connectivity index (χ3n) is 4.54. The minimum absolute atomic E-state index is 0.106. The Morgan fingerprint density at radius 2 is 1.88 bits per heavy atom. The molecule has 0 amide bonds. The van der Waals surface area contributed by atoms with Gasteiger partial charge >= 0.3 is 0 Å². The Morgan fingerprint density at radius 1 is 1.19 bits per heavy atom. The number of ketones is 1. The average molecular weight is 389 g/mol. The molecule has 2 heterocycles. The number of benzene rings is 1. The molecule has 0 atom stereocenters. The van der Waals surface area contributed by atoms with Crippen LogP contribution in [0.1, 0.15) is 28.7 Å². The summed E-state index contributed by atoms with van der Waals surface area (Å²) in [6.07, 6.45) is 0. The van der Waals surface area contributed by atoms with Crippen molar-refractivity contribution < 1.29 is 4.79 Å². The van der Waals surface area contributed by atoms with E-state index in [9.17, 15) is 4.79 Å². The fourth-order valence-corrected chi connectivity index (χ4v) is 3.85. The summed E-state index contributed by atoms with van der Waals surface area (Å²) in [6, 6.07) is 9.47. The maximum Gasteiger partial charge on any atom is 0.191 e. The van der Waals surface area contributed by atoms with Gasteiger partial charge in [0.15, 0.2) is 16.8 Å². The number of hydrogen-bond acceptors (Lipinski definition) is 4. The van der Waals surface area contributed by atoms with Gasteiger partial charge in [0.25, 0.3) is 0 Å². The van der Waals surface area contributed by atoms with E-state index >= 15 is 0 Å². The number of aromatic nitrogens is 4. The quantitative estimate of drug-likeness (QED) is 0.459. The third kappa shape index (κ3) is 3.57. The Bertz CT molecular complexity index is 943. The highest BCUT2D eigenvalue weighted by Gasteiger charge is 2.18. The van der Waals surface area contributed by atoms with E-state index in [-0.39, 0.29) is 5.78 Å². The Balaban J connectivity index is 1.79. The van der Waals surface area contributed by atoms with Crippen LogP contribution in [0.3, 0.4) is 0 Å². The number of aryl methyl sites for hydroxylation is 1. The SMILES string of the molecule is CCn1c(SCC(=O)c2cc(C)n(C)c2C)nnc1-c1ccc(Cl)cc1. The van der Waals surface area contributed by atoms with Crippen LogP contribution >= 0.6 is 23.4 Å². The Hall–Kier alpha value is -2.05. The fraction of sp³-hybridized carbons (Fsp3) is 0.316. The standard InChI is InChI=1S/C19H21ClN4OS/c1-5-24-18(14-6-8-15(20)9-7-14)21-22-19(24)26-11-17(25)16-10-12(2)23(4)13(16)3/h6-10H,5,11H2,1-4H3. The number of carbonyl (C=O) groups excluding carboxylic acids is 1. The van der Waals surface area contributed by atoms with E-state index in [0.29, 0.717) is 10.8 Å². The molecule has 7 heteroatoms. The number of Topliss-reactive ketones (excluding diaryl/α,β-unsaturated/α-hetero) is 1. The molecule has 0 fully saturated rings. The van der Waals surface area contributed by atoms with Crippen LogP contribution in [0, 0.1) is 13.8 Å². The van der Waals surface area contributed by atoms with Gasteiger partial charge in [-0.05, 0) is 51.1 Å². The van der Waals surface area contributed by atoms with E-state index in [4.69, 9.17) is 11.6 Å². The van der Waals surface area contributed by atoms with Gasteiger partial charge < -0.3 is 9.13 Å². The van der Waals surface area contributed by atoms with Crippen molar-refractivity contribution in [3.05, 3.63) is 52.3 Å². The van der Waals surface area contributed by atoms with Crippen LogP contribution in [0.5, 0.6) is 0 Å². The zero-order valence-electron chi connectivity index (χ0n) is 15.3. The van der Waals surface area contributed by atoms with E-state index in [0.717, 1.165) is 40.0 Å². The molecule has 2 aromatic heterocycles. The van der Waals surface area contributed by atoms with Gasteiger partial charge in [0.1, 0.15) is 0 Å². The zero-order valence-corrected chi connectivity index (χ0v) is 16.9. The van der Waals surface area contributed by atoms with Gasteiger partial charge in [0, 0.05) is 41.1 Å². The van der Waals surface area contributed by atoms with Gasteiger partial charge in [-0.15, -0.1) is 10.2 Å². The second-order valence-electron chi connectivity index (χ2n) is 6.11. The van der Waals surface area contributed by atoms with Gasteiger partial charge in [-0.3, -0.25) is 4.79 Å². The molecule has 0 aliphatic heterocycles. The number of halogens is 1. The predicted octanol–water partition coefficient (Wildman–Crippen LogP) is 4.55. The van der Waals surface area contributed by atoms with Crippen molar-refractivity contribution in [3.8, 4) is 11.4 Å². The summed E-state index contributed by atoms with van der Waals surface area (Å²) in [7, 11) is 1.97. The summed E-state index contributed by atoms with van der Waals surface area (Å²) in [5.74, 6) is 1.23. The van der Waals surface area contributed by atoms with Crippen molar-refractivity contribution in [2.45, 2.75) is 32.5 Å². The Morgan fingerprint density at radius 3 is 2.46 bits per heavy atom. The maximum atomic E-state index is 12.6. The van der Waals surface area contributed by atoms with Crippen LogP contribution in [-0.2, 0) is 13.6 Å². The van der Waals surface area contributed by atoms with Crippen molar-refractivity contribution in [1.29, 1.82) is 0 Å². The van der Waals surface area contributed by atoms with Crippen molar-refractivity contribution in [3.63, 3.8) is 0 Å². The third-order valence-corrected chi connectivity index (χ3v) is 5.76. The van der Waals surface area contributed by atoms with E-state index in [1.165, 1.54) is 11.8 Å². The molecule has 0 unspecified atom stereocenters. The van der Waals surface area contributed by atoms with E-state index in [1.807, 2.05) is 67.3 Å². The molecule has 0 radical (unpaired) electrons. The van der Waals surface area contributed by atoms with E-state index < -0.39 is 0 Å². The molecule has 0 N–H and O–H groups in total. The molecule has 5 nitrogen and oxygen atoms in total. The molecule has 136 valence electrons. The van der Waals surface area contributed by atoms with Crippen LogP contribution in [0.15, 0.2) is 35.5 Å². The first-order valence-electron chi connectivity index (χ1n) is 8.40. The molecule has 3 rings (SSSR count). The first kappa shape index (κ1) is 18.7. The molecule has 0 aliphatic rings. The Kier molecular flexibility index (Phi) is 5.53. The van der Waals surface area contributed by atoms with Crippen LogP contribution in [0.25, 0.3) is 11.4 Å². The van der Waals surface area contributed by atoms with Crippen LogP contribution in [0.4, 0.5) is 0 Å². The first-order chi connectivity index (χ1) is 12.4. The molecule has 0 bridgehead atoms. The maximum absolute atomic E-state index is 12.6. The van der Waals surface area contributed by atoms with Crippen molar-refractivity contribution in [2.24, 2.45) is 7.05 Å². The lowest BCUT2D eigenvalue weighted by Gasteiger charge is -2.07. The molecular weight excluding hydrogens is 368 g/mol. The first-order valence-corrected chi connectivity index (χ1v) is 9.76. The Labute approximate surface area is 162 Å². The molecule has 0 saturated carbocycles. The minimum atomic E-state index is 0.106. The van der Waals surface area contributed by atoms with Crippen LogP contribution < -0.4 is 0 Å². The summed E-state index contributed by atoms with van der Waals surface area (Å²) < 4.78 is 4.05. The number of carbonyl (C=O) groups is 1. The average Bonchev–Trinajstić information content (AvgIpc) is 3.16. The summed E-state index contributed by atoms with van der Waals surface area (Å²) in [4.78, 5) is 12.6. The van der Waals surface area contributed by atoms with Crippen molar-refractivity contribution >= 4 is 29.1 Å². The lowest BCUT2D eigenvalue weighted by atomic mass is 10.2. The monoisotopic (exact) mass is 388 g/mol. The summed E-state index contributed by atoms with van der Waals surface area (Å²) in [5, 5.41) is 10.0. The lowest BCUT2D eigenvalue weighted by Crippen LogP contribution is -2.06. The van der Waals surface area contributed by atoms with Gasteiger partial charge in [-0.1, -0.05) is 23.4 Å². The van der Waals surface area contributed by atoms with Gasteiger partial charge in [0.05, 0.1) is 5.75 Å². The van der Waals surface area contributed by atoms with Gasteiger partial charge in [-0.25, -0.2) is 0 Å². The number of rotatable bonds is 6. The summed E-state index contributed by atoms with van der Waals surface area (Å²) in [6.45, 7) is 6.74. The topological polar surface area (TPSA) is 52.7 Å². The molecular formula is C19H21ClN4OS. The largest absolute Gasteiger partial charge is 0.351 e.